The minimum atomic E-state index is -4.34. The van der Waals surface area contributed by atoms with Crippen LogP contribution in [-0.2, 0) is 58.2 Å². The number of aromatic nitrogens is 1. The first-order chi connectivity index (χ1) is 37.0. The van der Waals surface area contributed by atoms with Gasteiger partial charge in [-0.15, -0.1) is 0 Å². The van der Waals surface area contributed by atoms with Crippen LogP contribution in [0.15, 0.2) is 21.8 Å². The number of rotatable bonds is 13. The second kappa shape index (κ2) is 27.4. The van der Waals surface area contributed by atoms with Crippen molar-refractivity contribution in [3.63, 3.8) is 0 Å². The van der Waals surface area contributed by atoms with Crippen LogP contribution in [0.3, 0.4) is 0 Å². The minimum absolute atomic E-state index is 0. The number of aliphatic imine (C=N–C) groups is 1. The average Bonchev–Trinajstić information content (AvgIpc) is 3.81. The van der Waals surface area contributed by atoms with Crippen LogP contribution in [0.4, 0.5) is 5.82 Å². The number of nitrogens with one attached hydrogen (secondary N) is 3. The van der Waals surface area contributed by atoms with Gasteiger partial charge in [0.15, 0.2) is 5.91 Å². The van der Waals surface area contributed by atoms with Gasteiger partial charge in [-0.05, 0) is 120 Å². The molecular formula is C67H113N5O10SZn. The van der Waals surface area contributed by atoms with Crippen LogP contribution in [0.1, 0.15) is 260 Å². The molecule has 0 saturated heterocycles. The molecule has 1 aromatic rings. The Hall–Kier alpha value is -3.69. The van der Waals surface area contributed by atoms with E-state index in [4.69, 9.17) is 14.8 Å². The molecule has 2 saturated carbocycles. The van der Waals surface area contributed by atoms with Gasteiger partial charge in [0.05, 0.1) is 21.4 Å². The van der Waals surface area contributed by atoms with Crippen molar-refractivity contribution in [3.8, 4) is 0 Å². The van der Waals surface area contributed by atoms with Crippen molar-refractivity contribution in [1.29, 1.82) is 0 Å². The molecule has 2 heterocycles. The van der Waals surface area contributed by atoms with Gasteiger partial charge in [0.25, 0.3) is 0 Å². The summed E-state index contributed by atoms with van der Waals surface area (Å²) in [5.41, 5.74) is -1.09. The fourth-order valence-electron chi connectivity index (χ4n) is 11.9. The smallest absolute Gasteiger partial charge is 0.748 e. The number of allylic oxidation sites excluding steroid dienone is 1. The van der Waals surface area contributed by atoms with Crippen LogP contribution in [0.25, 0.3) is 11.4 Å². The van der Waals surface area contributed by atoms with Gasteiger partial charge in [-0.2, -0.15) is 0 Å². The molecule has 474 valence electrons. The maximum Gasteiger partial charge on any atom is 2.00 e. The summed E-state index contributed by atoms with van der Waals surface area (Å²) in [4.78, 5) is 77.8. The summed E-state index contributed by atoms with van der Waals surface area (Å²) in [6.45, 7) is 58.7. The van der Waals surface area contributed by atoms with Gasteiger partial charge in [0, 0.05) is 51.1 Å². The van der Waals surface area contributed by atoms with E-state index < -0.39 is 55.5 Å². The predicted molar refractivity (Wildman–Crippen MR) is 337 cm³/mol. The molecule has 3 N–H and O–H groups in total. The first kappa shape index (κ1) is 76.4. The average molecular weight is 1250 g/mol. The number of carbonyl (C=O) groups is 5. The number of nitrogens with zero attached hydrogens (tertiary/aromatic N) is 2. The van der Waals surface area contributed by atoms with Gasteiger partial charge in [-0.1, -0.05) is 187 Å². The summed E-state index contributed by atoms with van der Waals surface area (Å²) in [5.74, 6) is -1.42. The number of carbonyl (C=O) groups excluding carboxylic acids is 5. The Labute approximate surface area is 521 Å². The van der Waals surface area contributed by atoms with Gasteiger partial charge in [0.1, 0.15) is 23.6 Å². The van der Waals surface area contributed by atoms with Gasteiger partial charge < -0.3 is 40.0 Å². The van der Waals surface area contributed by atoms with Crippen molar-refractivity contribution in [2.75, 3.05) is 11.1 Å². The number of amidine groups is 1. The van der Waals surface area contributed by atoms with E-state index in [1.807, 2.05) is 61.5 Å². The third kappa shape index (κ3) is 20.2. The molecule has 0 aromatic carbocycles. The Morgan fingerprint density at radius 1 is 0.655 bits per heavy atom. The summed E-state index contributed by atoms with van der Waals surface area (Å²) in [7, 11) is -4.34. The zero-order valence-corrected chi connectivity index (χ0v) is 61.5. The molecule has 3 aliphatic rings. The zero-order valence-electron chi connectivity index (χ0n) is 57.7. The van der Waals surface area contributed by atoms with E-state index in [2.05, 4.69) is 118 Å². The van der Waals surface area contributed by atoms with Gasteiger partial charge in [-0.25, -0.2) is 18.0 Å². The first-order valence-electron chi connectivity index (χ1n) is 30.6. The molecule has 1 aliphatic heterocycles. The second-order valence-electron chi connectivity index (χ2n) is 33.2. The van der Waals surface area contributed by atoms with Gasteiger partial charge in [0.2, 0.25) is 11.8 Å². The van der Waals surface area contributed by atoms with E-state index in [-0.39, 0.29) is 123 Å². The normalized spacial score (nSPS) is 24.3. The fourth-order valence-corrected chi connectivity index (χ4v) is 12.9. The number of amides is 3. The van der Waals surface area contributed by atoms with Crippen LogP contribution >= 0.6 is 0 Å². The standard InChI is InChI=1S/C57H94N4O6.C10H21NO4S.Zn/c1-30(2)40-38(58-46(60-50(64)56(19,20)21)42(40)48(62)66-44-34(52(7,8)9)25-32(5)26-35(44)53(10,11)12)29-39-41(31(3)4)43(47(59-39)61-51(65)57(22,23)24)49(63)67-45-36(54(13,14)15)27-33(6)28-37(45)55(16,17)18;1-6-9(2,3)8(12)11-10(4,5)7-16(13,14)15;/h29-37,44-45H,25-28H2,1-24H3,(H3,58,59,60,61,62,63,64,65);6-7H2,1-5H3,(H,11,12)(H,13,14,15);/q;;+2/p-2. The number of hydrogen-bond donors (Lipinski definition) is 3. The molecule has 84 heavy (non-hydrogen) atoms. The fraction of sp³-hybridized carbons (Fsp3) is 0.791. The van der Waals surface area contributed by atoms with E-state index in [9.17, 15) is 27.4 Å². The first-order valence-corrected chi connectivity index (χ1v) is 32.2. The monoisotopic (exact) mass is 1240 g/mol. The Morgan fingerprint density at radius 3 is 1.39 bits per heavy atom. The van der Waals surface area contributed by atoms with Gasteiger partial charge in [-0.3, -0.25) is 14.4 Å². The minimum Gasteiger partial charge on any atom is -0.748 e. The Bertz CT molecular complexity index is 2690. The molecule has 4 unspecified atom stereocenters. The Morgan fingerprint density at radius 2 is 1.06 bits per heavy atom. The maximum absolute atomic E-state index is 15.2. The molecule has 2 aliphatic carbocycles. The number of hydrogen-bond acceptors (Lipinski definition) is 10. The van der Waals surface area contributed by atoms with Crippen LogP contribution in [-0.4, -0.2) is 77.0 Å². The topological polar surface area (TPSA) is 227 Å². The SMILES string of the molecule is CC1CC(C(C)(C)C)C(OC(=O)C2=C(C(C)C)/C(=C/c3[nH]c(NC(=O)C(C)(C)C)c(C(=O)OC4C(C(C)(C)C)CC(C)CC4C(C)(C)C)c3C(C)C)[N-]C2=NC(=O)C(C)(C)C)C(C(C)(C)C)C1.CCC(C)(C)C(=O)NC(C)(C)CS(=O)(=O)[O-].[Zn+2]. The quantitative estimate of drug-likeness (QED) is 0.0961. The van der Waals surface area contributed by atoms with Crippen molar-refractivity contribution in [2.24, 2.45) is 84.3 Å². The van der Waals surface area contributed by atoms with E-state index in [1.54, 1.807) is 34.6 Å². The number of H-pyrrole nitrogens is 1. The summed E-state index contributed by atoms with van der Waals surface area (Å²) in [5, 5.41) is 10.7. The van der Waals surface area contributed by atoms with E-state index in [0.717, 1.165) is 25.7 Å². The molecule has 0 bridgehead atoms. The summed E-state index contributed by atoms with van der Waals surface area (Å²) < 4.78 is 45.6. The van der Waals surface area contributed by atoms with E-state index in [1.165, 1.54) is 13.8 Å². The molecule has 4 rings (SSSR count). The predicted octanol–water partition coefficient (Wildman–Crippen LogP) is 15.6. The van der Waals surface area contributed by atoms with Crippen molar-refractivity contribution in [3.05, 3.63) is 39.0 Å². The van der Waals surface area contributed by atoms with Crippen molar-refractivity contribution < 1.29 is 65.9 Å². The van der Waals surface area contributed by atoms with Crippen LogP contribution in [0.5, 0.6) is 0 Å². The molecule has 3 amide bonds. The molecule has 2 fully saturated rings. The van der Waals surface area contributed by atoms with Gasteiger partial charge >= 0.3 is 31.4 Å². The maximum atomic E-state index is 15.2. The summed E-state index contributed by atoms with van der Waals surface area (Å²) in [6.07, 6.45) is 5.48. The number of anilines is 1. The van der Waals surface area contributed by atoms with Crippen LogP contribution in [0, 0.1) is 79.3 Å². The number of esters is 2. The molecular weight excluding hydrogens is 1130 g/mol. The molecule has 0 spiro atoms. The Balaban J connectivity index is 0.00000123. The molecule has 1 aromatic heterocycles. The second-order valence-corrected chi connectivity index (χ2v) is 34.6. The molecule has 15 nitrogen and oxygen atoms in total. The molecule has 17 heteroatoms. The molecule has 0 radical (unpaired) electrons. The van der Waals surface area contributed by atoms with Crippen molar-refractivity contribution in [2.45, 2.75) is 257 Å². The third-order valence-electron chi connectivity index (χ3n) is 17.3. The van der Waals surface area contributed by atoms with Crippen molar-refractivity contribution >= 4 is 57.5 Å². The Kier molecular flexibility index (Phi) is 24.9. The zero-order chi connectivity index (χ0) is 64.7. The number of aromatic amines is 1. The van der Waals surface area contributed by atoms with E-state index in [0.29, 0.717) is 40.8 Å². The summed E-state index contributed by atoms with van der Waals surface area (Å²) >= 11 is 0. The van der Waals surface area contributed by atoms with Crippen LogP contribution in [0.2, 0.25) is 0 Å². The van der Waals surface area contributed by atoms with E-state index >= 15 is 9.59 Å². The molecule has 4 atom stereocenters. The summed E-state index contributed by atoms with van der Waals surface area (Å²) in [6, 6.07) is 0. The van der Waals surface area contributed by atoms with Crippen molar-refractivity contribution in [1.82, 2.24) is 10.3 Å². The number of ether oxygens (including phenoxy) is 2. The third-order valence-corrected chi connectivity index (χ3v) is 18.4. The largest absolute Gasteiger partial charge is 2.00 e. The van der Waals surface area contributed by atoms with Crippen LogP contribution < -0.4 is 10.6 Å².